The Hall–Kier alpha value is -2.18. The van der Waals surface area contributed by atoms with Crippen molar-refractivity contribution < 1.29 is 9.53 Å². The molecule has 1 atom stereocenters. The second kappa shape index (κ2) is 5.67. The minimum atomic E-state index is -0.473. The number of carbonyl (C=O) groups excluding carboxylic acids is 1. The number of ether oxygens (including phenoxy) is 1. The summed E-state index contributed by atoms with van der Waals surface area (Å²) in [5, 5.41) is 0.902. The lowest BCUT2D eigenvalue weighted by molar-refractivity contribution is 0.0462. The van der Waals surface area contributed by atoms with Crippen molar-refractivity contribution in [3.8, 4) is 0 Å². The molecule has 0 spiro atoms. The number of pyridine rings is 1. The standard InChI is InChI=1S/C15H18N4O2/c16-8-11-9-19(5-6-21-11)15-12(14(17)20)7-10-3-1-2-4-13(10)18-15/h1-4,7,11H,5-6,8-9,16H2,(H2,17,20). The van der Waals surface area contributed by atoms with Crippen molar-refractivity contribution >= 4 is 22.6 Å². The molecule has 110 valence electrons. The molecule has 6 nitrogen and oxygen atoms in total. The van der Waals surface area contributed by atoms with Gasteiger partial charge in [0.2, 0.25) is 0 Å². The number of aromatic nitrogens is 1. The zero-order valence-electron chi connectivity index (χ0n) is 11.7. The SMILES string of the molecule is NCC1CN(c2nc3ccccc3cc2C(N)=O)CCO1. The van der Waals surface area contributed by atoms with E-state index >= 15 is 0 Å². The van der Waals surface area contributed by atoms with Crippen LogP contribution in [-0.2, 0) is 4.74 Å². The molecule has 0 bridgehead atoms. The van der Waals surface area contributed by atoms with E-state index in [1.54, 1.807) is 6.07 Å². The highest BCUT2D eigenvalue weighted by Crippen LogP contribution is 2.24. The lowest BCUT2D eigenvalue weighted by Crippen LogP contribution is -2.46. The van der Waals surface area contributed by atoms with Gasteiger partial charge in [0.05, 0.1) is 23.8 Å². The van der Waals surface area contributed by atoms with Crippen LogP contribution >= 0.6 is 0 Å². The summed E-state index contributed by atoms with van der Waals surface area (Å²) in [4.78, 5) is 18.4. The Labute approximate surface area is 122 Å². The summed E-state index contributed by atoms with van der Waals surface area (Å²) in [5.41, 5.74) is 12.5. The third kappa shape index (κ3) is 2.68. The van der Waals surface area contributed by atoms with Gasteiger partial charge in [-0.15, -0.1) is 0 Å². The van der Waals surface area contributed by atoms with Crippen LogP contribution in [0.4, 0.5) is 5.82 Å². The minimum absolute atomic E-state index is 0.0484. The van der Waals surface area contributed by atoms with Gasteiger partial charge in [0.1, 0.15) is 5.82 Å². The van der Waals surface area contributed by atoms with Gasteiger partial charge in [0.25, 0.3) is 5.91 Å². The maximum atomic E-state index is 11.8. The van der Waals surface area contributed by atoms with Crippen LogP contribution in [0.5, 0.6) is 0 Å². The Balaban J connectivity index is 2.07. The van der Waals surface area contributed by atoms with Crippen LogP contribution in [0.15, 0.2) is 30.3 Å². The van der Waals surface area contributed by atoms with Gasteiger partial charge in [-0.25, -0.2) is 4.98 Å². The van der Waals surface area contributed by atoms with Crippen LogP contribution in [0.2, 0.25) is 0 Å². The minimum Gasteiger partial charge on any atom is -0.373 e. The maximum Gasteiger partial charge on any atom is 0.252 e. The molecule has 6 heteroatoms. The Morgan fingerprint density at radius 3 is 3.00 bits per heavy atom. The lowest BCUT2D eigenvalue weighted by atomic mass is 10.1. The van der Waals surface area contributed by atoms with Crippen LogP contribution in [0, 0.1) is 0 Å². The molecule has 2 heterocycles. The molecule has 0 saturated carbocycles. The molecule has 3 rings (SSSR count). The molecule has 21 heavy (non-hydrogen) atoms. The molecule has 1 aliphatic heterocycles. The summed E-state index contributed by atoms with van der Waals surface area (Å²) in [7, 11) is 0. The second-order valence-corrected chi connectivity index (χ2v) is 5.09. The number of benzene rings is 1. The normalized spacial score (nSPS) is 18.9. The molecule has 1 saturated heterocycles. The first-order chi connectivity index (χ1) is 10.2. The molecule has 1 unspecified atom stereocenters. The van der Waals surface area contributed by atoms with E-state index in [2.05, 4.69) is 4.98 Å². The third-order valence-corrected chi connectivity index (χ3v) is 3.67. The number of primary amides is 1. The van der Waals surface area contributed by atoms with Crippen LogP contribution in [0.1, 0.15) is 10.4 Å². The number of fused-ring (bicyclic) bond motifs is 1. The number of rotatable bonds is 3. The van der Waals surface area contributed by atoms with Crippen LogP contribution in [0.25, 0.3) is 10.9 Å². The molecular formula is C15H18N4O2. The summed E-state index contributed by atoms with van der Waals surface area (Å²) in [6.07, 6.45) is -0.0484. The Kier molecular flexibility index (Phi) is 3.72. The first kappa shape index (κ1) is 13.8. The van der Waals surface area contributed by atoms with Crippen LogP contribution in [-0.4, -0.2) is 43.2 Å². The third-order valence-electron chi connectivity index (χ3n) is 3.67. The van der Waals surface area contributed by atoms with Crippen molar-refractivity contribution in [1.29, 1.82) is 0 Å². The zero-order chi connectivity index (χ0) is 14.8. The number of nitrogens with two attached hydrogens (primary N) is 2. The van der Waals surface area contributed by atoms with Crippen molar-refractivity contribution in [2.24, 2.45) is 11.5 Å². The molecule has 0 aliphatic carbocycles. The van der Waals surface area contributed by atoms with Crippen molar-refractivity contribution in [2.75, 3.05) is 31.1 Å². The summed E-state index contributed by atoms with van der Waals surface area (Å²) < 4.78 is 5.56. The van der Waals surface area contributed by atoms with Crippen molar-refractivity contribution in [3.63, 3.8) is 0 Å². The number of para-hydroxylation sites is 1. The van der Waals surface area contributed by atoms with Crippen LogP contribution < -0.4 is 16.4 Å². The largest absolute Gasteiger partial charge is 0.373 e. The molecule has 1 amide bonds. The van der Waals surface area contributed by atoms with Gasteiger partial charge in [-0.05, 0) is 12.1 Å². The smallest absolute Gasteiger partial charge is 0.252 e. The van der Waals surface area contributed by atoms with Gasteiger partial charge in [-0.1, -0.05) is 18.2 Å². The highest BCUT2D eigenvalue weighted by atomic mass is 16.5. The molecule has 2 aromatic rings. The van der Waals surface area contributed by atoms with Gasteiger partial charge in [-0.2, -0.15) is 0 Å². The van der Waals surface area contributed by atoms with Gasteiger partial charge < -0.3 is 21.1 Å². The van der Waals surface area contributed by atoms with Crippen molar-refractivity contribution in [2.45, 2.75) is 6.10 Å². The van der Waals surface area contributed by atoms with E-state index in [1.165, 1.54) is 0 Å². The number of carbonyl (C=O) groups is 1. The fourth-order valence-electron chi connectivity index (χ4n) is 2.58. The average Bonchev–Trinajstić information content (AvgIpc) is 2.53. The summed E-state index contributed by atoms with van der Waals surface area (Å²) in [5.74, 6) is 0.141. The van der Waals surface area contributed by atoms with Crippen molar-refractivity contribution in [1.82, 2.24) is 4.98 Å². The van der Waals surface area contributed by atoms with E-state index < -0.39 is 5.91 Å². The molecule has 0 radical (unpaired) electrons. The average molecular weight is 286 g/mol. The van der Waals surface area contributed by atoms with E-state index in [0.29, 0.717) is 37.6 Å². The predicted molar refractivity (Wildman–Crippen MR) is 81.3 cm³/mol. The Morgan fingerprint density at radius 1 is 1.43 bits per heavy atom. The molecule has 1 fully saturated rings. The molecule has 1 aromatic carbocycles. The van der Waals surface area contributed by atoms with Crippen molar-refractivity contribution in [3.05, 3.63) is 35.9 Å². The second-order valence-electron chi connectivity index (χ2n) is 5.09. The van der Waals surface area contributed by atoms with E-state index in [-0.39, 0.29) is 6.10 Å². The number of nitrogens with zero attached hydrogens (tertiary/aromatic N) is 2. The fourth-order valence-corrected chi connectivity index (χ4v) is 2.58. The monoisotopic (exact) mass is 286 g/mol. The quantitative estimate of drug-likeness (QED) is 0.856. The molecule has 1 aliphatic rings. The number of amides is 1. The summed E-state index contributed by atoms with van der Waals surface area (Å²) in [6.45, 7) is 2.29. The summed E-state index contributed by atoms with van der Waals surface area (Å²) in [6, 6.07) is 9.47. The lowest BCUT2D eigenvalue weighted by Gasteiger charge is -2.34. The van der Waals surface area contributed by atoms with Gasteiger partial charge in [0, 0.05) is 25.0 Å². The topological polar surface area (TPSA) is 94.5 Å². The zero-order valence-corrected chi connectivity index (χ0v) is 11.7. The highest BCUT2D eigenvalue weighted by molar-refractivity contribution is 6.01. The molecule has 1 aromatic heterocycles. The fraction of sp³-hybridized carbons (Fsp3) is 0.333. The van der Waals surface area contributed by atoms with E-state index in [9.17, 15) is 4.79 Å². The van der Waals surface area contributed by atoms with E-state index in [0.717, 1.165) is 10.9 Å². The van der Waals surface area contributed by atoms with Gasteiger partial charge in [-0.3, -0.25) is 4.79 Å². The number of hydrogen-bond acceptors (Lipinski definition) is 5. The molecule has 4 N–H and O–H groups in total. The number of hydrogen-bond donors (Lipinski definition) is 2. The Bertz CT molecular complexity index is 674. The number of morpholine rings is 1. The first-order valence-corrected chi connectivity index (χ1v) is 6.95. The summed E-state index contributed by atoms with van der Waals surface area (Å²) >= 11 is 0. The van der Waals surface area contributed by atoms with Crippen LogP contribution in [0.3, 0.4) is 0 Å². The predicted octanol–water partition coefficient (Wildman–Crippen LogP) is 0.498. The van der Waals surface area contributed by atoms with E-state index in [4.69, 9.17) is 16.2 Å². The maximum absolute atomic E-state index is 11.8. The van der Waals surface area contributed by atoms with E-state index in [1.807, 2.05) is 29.2 Å². The Morgan fingerprint density at radius 2 is 2.24 bits per heavy atom. The first-order valence-electron chi connectivity index (χ1n) is 6.95. The highest BCUT2D eigenvalue weighted by Gasteiger charge is 2.24. The van der Waals surface area contributed by atoms with Gasteiger partial charge in [0.15, 0.2) is 0 Å². The van der Waals surface area contributed by atoms with Gasteiger partial charge >= 0.3 is 0 Å². The number of anilines is 1. The molecular weight excluding hydrogens is 268 g/mol.